The molecule has 0 saturated carbocycles. The van der Waals surface area contributed by atoms with E-state index < -0.39 is 86.7 Å². The van der Waals surface area contributed by atoms with Crippen LogP contribution in [0, 0.1) is 45.1 Å². The van der Waals surface area contributed by atoms with Gasteiger partial charge < -0.3 is 5.73 Å². The van der Waals surface area contributed by atoms with Crippen molar-refractivity contribution < 1.29 is 48.7 Å². The maximum Gasteiger partial charge on any atom is 0.418 e. The van der Waals surface area contributed by atoms with Crippen LogP contribution in [0.15, 0.2) is 149 Å². The molecule has 0 aliphatic rings. The Morgan fingerprint density at radius 2 is 0.750 bits per heavy atom. The van der Waals surface area contributed by atoms with Gasteiger partial charge in [0.2, 0.25) is 5.91 Å². The van der Waals surface area contributed by atoms with Gasteiger partial charge in [0.1, 0.15) is 57.9 Å². The van der Waals surface area contributed by atoms with Gasteiger partial charge >= 0.3 is 6.18 Å². The van der Waals surface area contributed by atoms with Crippen LogP contribution in [0.2, 0.25) is 5.02 Å². The lowest BCUT2D eigenvalue weighted by Crippen LogP contribution is -2.41. The first-order chi connectivity index (χ1) is 58.8. The average molecular weight is 1800 g/mol. The molecule has 7 aromatic carbocycles. The van der Waals surface area contributed by atoms with Crippen LogP contribution < -0.4 is 44.6 Å². The molecule has 0 aliphatic heterocycles. The normalized spacial score (nSPS) is 12.1. The minimum Gasteiger partial charge on any atom is -0.366 e. The van der Waals surface area contributed by atoms with E-state index in [1.807, 2.05) is 157 Å². The first-order valence-electron chi connectivity index (χ1n) is 40.5. The van der Waals surface area contributed by atoms with E-state index in [0.29, 0.717) is 45.7 Å². The third kappa shape index (κ3) is 21.7. The van der Waals surface area contributed by atoms with Gasteiger partial charge in [-0.2, -0.15) is 13.2 Å². The number of amides is 1. The molecule has 0 radical (unpaired) electrons. The number of aromatic nitrogens is 14. The SMILES string of the molecule is CC(C)(C)c1nc2c(Cl)cc(F)cc2c(=O)n1C(C)(C)C.CC(C)(C)c1nc2c(F)cc(F)cc2c(=O)n1C(C)(C)C.CC(C)(C)c1nc2cccc(C(F)F)c2c(=O)n1C(C)(C)C.CCc1cccc2nc(C)n(C)c(=O)c12.Cc1nc2c(C(F)(F)F)cccc2c(=O)n1C.Cc1nc2c(C(F)F)cccc2c(=O)n1C.Cc1nc2cccc(C(N)=O)c2c(=O)n1C. The van der Waals surface area contributed by atoms with Gasteiger partial charge in [-0.15, -0.1) is 0 Å². The molecule has 0 aliphatic carbocycles. The van der Waals surface area contributed by atoms with Gasteiger partial charge in [-0.25, -0.2) is 65.6 Å². The highest BCUT2D eigenvalue weighted by Crippen LogP contribution is 2.36. The van der Waals surface area contributed by atoms with Crippen molar-refractivity contribution in [2.45, 2.75) is 218 Å². The highest BCUT2D eigenvalue weighted by molar-refractivity contribution is 6.35. The molecule has 34 heteroatoms. The quantitative estimate of drug-likeness (QED) is 0.160. The Balaban J connectivity index is 0.000000185. The molecule has 128 heavy (non-hydrogen) atoms. The largest absolute Gasteiger partial charge is 0.418 e. The lowest BCUT2D eigenvalue weighted by molar-refractivity contribution is -0.136. The average Bonchev–Trinajstić information content (AvgIpc) is 0.740. The molecule has 0 fully saturated rings. The van der Waals surface area contributed by atoms with Gasteiger partial charge in [0.15, 0.2) is 5.82 Å². The molecule has 14 rings (SSSR count). The van der Waals surface area contributed by atoms with Crippen LogP contribution >= 0.6 is 11.6 Å². The Kier molecular flexibility index (Phi) is 29.9. The summed E-state index contributed by atoms with van der Waals surface area (Å²) >= 11 is 6.07. The molecule has 23 nitrogen and oxygen atoms in total. The fraction of sp³-hybridized carbons (Fsp3) is 0.394. The van der Waals surface area contributed by atoms with Crippen molar-refractivity contribution in [1.82, 2.24) is 66.9 Å². The minimum atomic E-state index is -4.51. The molecular formula is C94H106ClF10N15O8. The zero-order valence-electron chi connectivity index (χ0n) is 76.6. The summed E-state index contributed by atoms with van der Waals surface area (Å²) in [5.41, 5.74) is 2.12. The smallest absolute Gasteiger partial charge is 0.366 e. The van der Waals surface area contributed by atoms with Crippen molar-refractivity contribution in [3.05, 3.63) is 279 Å². The number of halogens is 11. The molecule has 682 valence electrons. The first kappa shape index (κ1) is 101. The van der Waals surface area contributed by atoms with Gasteiger partial charge in [0, 0.05) is 78.2 Å². The van der Waals surface area contributed by atoms with E-state index in [0.717, 1.165) is 46.9 Å². The standard InChI is InChI=1S/C17H22F2N2O.C16H20ClFN2O.C16H20F2N2O.C12H14N2O.C11H9F3N2O.C11H10F2N2O.C11H11N3O2/c1-16(2,3)15-20-11-9-7-8-10(13(18)19)12(11)14(22)21(15)17(4,5)6;1-15(2,3)14-19-12-10(7-9(18)8-11(12)17)13(21)20(14)16(4,5)6;1-15(2,3)14-19-12-10(7-9(17)8-11(12)18)13(21)20(14)16(4,5)6;1-4-9-6-5-7-10-11(9)12(15)14(3)8(2)13-10;1-6-15-9-7(10(17)16(6)2)4-3-5-8(9)11(12,13)14;1-6-14-9-7(10(12)13)4-3-5-8(9)11(16)15(6)2;1-6-13-8-5-3-4-7(10(12)15)9(8)11(16)14(6)2/h7-9,13H,1-6H3;2*7-8H,1-6H3;5-7H,4H2,1-3H3;3-5H,1-2H3;3-5,10H,1-2H3;3-5H,1-2H3,(H2,12,15). The minimum absolute atomic E-state index is 0.0143. The van der Waals surface area contributed by atoms with E-state index in [2.05, 4.69) is 34.9 Å². The zero-order chi connectivity index (χ0) is 96.7. The van der Waals surface area contributed by atoms with E-state index in [4.69, 9.17) is 17.3 Å². The molecular weight excluding hydrogens is 1690 g/mol. The number of fused-ring (bicyclic) bond motifs is 7. The Morgan fingerprint density at radius 1 is 0.391 bits per heavy atom. The predicted molar refractivity (Wildman–Crippen MR) is 484 cm³/mol. The third-order valence-corrected chi connectivity index (χ3v) is 20.9. The Bertz CT molecular complexity index is 7000. The summed E-state index contributed by atoms with van der Waals surface area (Å²) < 4.78 is 141. The molecule has 0 spiro atoms. The van der Waals surface area contributed by atoms with Crippen LogP contribution in [0.1, 0.15) is 218 Å². The van der Waals surface area contributed by atoms with Gasteiger partial charge in [-0.05, 0) is 163 Å². The summed E-state index contributed by atoms with van der Waals surface area (Å²) in [4.78, 5) is 127. The Hall–Kier alpha value is -12.4. The van der Waals surface area contributed by atoms with E-state index >= 15 is 0 Å². The van der Waals surface area contributed by atoms with E-state index in [1.165, 1.54) is 92.9 Å². The van der Waals surface area contributed by atoms with Gasteiger partial charge in [-0.3, -0.25) is 70.3 Å². The first-order valence-corrected chi connectivity index (χ1v) is 40.9. The summed E-state index contributed by atoms with van der Waals surface area (Å²) in [7, 11) is 6.42. The van der Waals surface area contributed by atoms with Crippen LogP contribution in [0.4, 0.5) is 43.9 Å². The van der Waals surface area contributed by atoms with E-state index in [1.54, 1.807) is 66.9 Å². The molecule has 0 bridgehead atoms. The van der Waals surface area contributed by atoms with Crippen LogP contribution in [0.25, 0.3) is 76.3 Å². The Labute approximate surface area is 736 Å². The zero-order valence-corrected chi connectivity index (χ0v) is 77.3. The van der Waals surface area contributed by atoms with E-state index in [9.17, 15) is 82.3 Å². The van der Waals surface area contributed by atoms with Crippen molar-refractivity contribution in [1.29, 1.82) is 0 Å². The van der Waals surface area contributed by atoms with Gasteiger partial charge in [0.25, 0.3) is 51.8 Å². The Morgan fingerprint density at radius 3 is 1.20 bits per heavy atom. The van der Waals surface area contributed by atoms with Crippen molar-refractivity contribution in [3.63, 3.8) is 0 Å². The number of aryl methyl sites for hydroxylation is 5. The predicted octanol–water partition coefficient (Wildman–Crippen LogP) is 18.9. The number of para-hydroxylation sites is 2. The number of alkyl halides is 7. The molecule has 0 saturated heterocycles. The maximum absolute atomic E-state index is 14.0. The molecule has 14 aromatic rings. The van der Waals surface area contributed by atoms with Crippen molar-refractivity contribution in [2.24, 2.45) is 33.9 Å². The van der Waals surface area contributed by atoms with Crippen LogP contribution in [-0.2, 0) is 73.6 Å². The lowest BCUT2D eigenvalue weighted by atomic mass is 9.92. The molecule has 0 unspecified atom stereocenters. The molecule has 1 amide bonds. The lowest BCUT2D eigenvalue weighted by Gasteiger charge is -2.31. The number of carbonyl (C=O) groups excluding carboxylic acids is 1. The number of hydrogen-bond acceptors (Lipinski definition) is 15. The van der Waals surface area contributed by atoms with Gasteiger partial charge in [0.05, 0.1) is 87.0 Å². The number of carbonyl (C=O) groups is 1. The fourth-order valence-corrected chi connectivity index (χ4v) is 14.1. The summed E-state index contributed by atoms with van der Waals surface area (Å²) in [6, 6.07) is 27.0. The van der Waals surface area contributed by atoms with Crippen LogP contribution in [0.3, 0.4) is 0 Å². The van der Waals surface area contributed by atoms with Crippen LogP contribution in [0.5, 0.6) is 0 Å². The highest BCUT2D eigenvalue weighted by atomic mass is 35.5. The summed E-state index contributed by atoms with van der Waals surface area (Å²) in [5.74, 6) is 1.01. The summed E-state index contributed by atoms with van der Waals surface area (Å²) in [6.07, 6.45) is -8.97. The topological polar surface area (TPSA) is 287 Å². The highest BCUT2D eigenvalue weighted by Gasteiger charge is 2.36. The number of hydrogen-bond donors (Lipinski definition) is 1. The molecule has 2 N–H and O–H groups in total. The monoisotopic (exact) mass is 1800 g/mol. The summed E-state index contributed by atoms with van der Waals surface area (Å²) in [6.45, 7) is 43.3. The van der Waals surface area contributed by atoms with Gasteiger partial charge in [-0.1, -0.05) is 129 Å². The van der Waals surface area contributed by atoms with Crippen molar-refractivity contribution in [3.8, 4) is 0 Å². The summed E-state index contributed by atoms with van der Waals surface area (Å²) in [5, 5.41) is 1.60. The molecule has 0 atom stereocenters. The van der Waals surface area contributed by atoms with Crippen LogP contribution in [-0.4, -0.2) is 72.8 Å². The second-order valence-corrected chi connectivity index (χ2v) is 37.1. The number of rotatable bonds is 4. The number of nitrogens with two attached hydrogens (primary N) is 1. The number of benzene rings is 7. The third-order valence-electron chi connectivity index (χ3n) is 20.6. The van der Waals surface area contributed by atoms with Crippen molar-refractivity contribution >= 4 is 93.8 Å². The fourth-order valence-electron chi connectivity index (χ4n) is 13.9. The van der Waals surface area contributed by atoms with Crippen molar-refractivity contribution in [2.75, 3.05) is 0 Å². The molecule has 7 heterocycles. The van der Waals surface area contributed by atoms with E-state index in [-0.39, 0.29) is 109 Å². The maximum atomic E-state index is 14.0. The second-order valence-electron chi connectivity index (χ2n) is 36.7. The second kappa shape index (κ2) is 37.9. The molecule has 7 aromatic heterocycles. The number of primary amides is 1. The number of nitrogens with zero attached hydrogens (tertiary/aromatic N) is 14.